The molecule has 1 aromatic heterocycles. The van der Waals surface area contributed by atoms with Crippen molar-refractivity contribution in [2.45, 2.75) is 25.8 Å². The molecule has 0 aromatic carbocycles. The highest BCUT2D eigenvalue weighted by Crippen LogP contribution is 2.14. The topological polar surface area (TPSA) is 67.1 Å². The van der Waals surface area contributed by atoms with Crippen LogP contribution in [0.4, 0.5) is 11.6 Å². The van der Waals surface area contributed by atoms with Gasteiger partial charge in [-0.3, -0.25) is 4.98 Å². The summed E-state index contributed by atoms with van der Waals surface area (Å²) in [5, 5.41) is 3.39. The molecule has 5 nitrogen and oxygen atoms in total. The number of likely N-dealkylation sites (tertiary alicyclic amines) is 1. The molecule has 2 heterocycles. The minimum Gasteiger partial charge on any atom is -0.382 e. The van der Waals surface area contributed by atoms with Crippen LogP contribution >= 0.6 is 0 Å². The second-order valence-electron chi connectivity index (χ2n) is 4.21. The fourth-order valence-electron chi connectivity index (χ4n) is 2.12. The third-order valence-corrected chi connectivity index (χ3v) is 2.96. The lowest BCUT2D eigenvalue weighted by Crippen LogP contribution is -2.42. The normalized spacial score (nSPS) is 21.9. The summed E-state index contributed by atoms with van der Waals surface area (Å²) < 4.78 is 0. The van der Waals surface area contributed by atoms with E-state index in [9.17, 15) is 0 Å². The first-order valence-electron chi connectivity index (χ1n) is 5.84. The van der Waals surface area contributed by atoms with Gasteiger partial charge in [0.15, 0.2) is 0 Å². The quantitative estimate of drug-likeness (QED) is 0.795. The zero-order valence-electron chi connectivity index (χ0n) is 9.69. The Bertz CT molecular complexity index is 341. The molecule has 0 amide bonds. The highest BCUT2D eigenvalue weighted by Gasteiger charge is 2.18. The Morgan fingerprint density at radius 2 is 2.44 bits per heavy atom. The predicted molar refractivity (Wildman–Crippen MR) is 65.2 cm³/mol. The van der Waals surface area contributed by atoms with Crippen LogP contribution < -0.4 is 11.1 Å². The summed E-state index contributed by atoms with van der Waals surface area (Å²) in [5.74, 6) is 1.25. The van der Waals surface area contributed by atoms with Gasteiger partial charge in [-0.05, 0) is 25.9 Å². The van der Waals surface area contributed by atoms with Crippen LogP contribution in [0.25, 0.3) is 0 Å². The second-order valence-corrected chi connectivity index (χ2v) is 4.21. The third kappa shape index (κ3) is 2.82. The van der Waals surface area contributed by atoms with Crippen LogP contribution in [0.3, 0.4) is 0 Å². The number of anilines is 2. The lowest BCUT2D eigenvalue weighted by molar-refractivity contribution is 0.226. The van der Waals surface area contributed by atoms with Gasteiger partial charge in [0.05, 0.1) is 12.4 Å². The standard InChI is InChI=1S/C11H19N5/c1-2-16-5-3-4-9(8-16)14-11-7-13-6-10(12)15-11/h6-7,9H,2-5,8H2,1H3,(H3,12,14,15). The first-order valence-corrected chi connectivity index (χ1v) is 5.84. The molecule has 3 N–H and O–H groups in total. The molecule has 0 aliphatic carbocycles. The number of rotatable bonds is 3. The van der Waals surface area contributed by atoms with Crippen molar-refractivity contribution in [1.29, 1.82) is 0 Å². The van der Waals surface area contributed by atoms with Crippen molar-refractivity contribution in [3.63, 3.8) is 0 Å². The van der Waals surface area contributed by atoms with E-state index in [-0.39, 0.29) is 0 Å². The lowest BCUT2D eigenvalue weighted by atomic mass is 10.1. The molecule has 1 atom stereocenters. The van der Waals surface area contributed by atoms with Crippen LogP contribution in [0.2, 0.25) is 0 Å². The fourth-order valence-corrected chi connectivity index (χ4v) is 2.12. The Balaban J connectivity index is 1.94. The molecule has 1 aliphatic heterocycles. The van der Waals surface area contributed by atoms with Gasteiger partial charge < -0.3 is 16.0 Å². The van der Waals surface area contributed by atoms with E-state index in [1.807, 2.05) is 0 Å². The number of piperidine rings is 1. The predicted octanol–water partition coefficient (Wildman–Crippen LogP) is 0.955. The summed E-state index contributed by atoms with van der Waals surface area (Å²) in [6, 6.07) is 0.463. The summed E-state index contributed by atoms with van der Waals surface area (Å²) in [6.07, 6.45) is 5.71. The maximum atomic E-state index is 5.59. The number of nitrogens with zero attached hydrogens (tertiary/aromatic N) is 3. The minimum absolute atomic E-state index is 0.463. The molecular weight excluding hydrogens is 202 g/mol. The summed E-state index contributed by atoms with van der Waals surface area (Å²) in [7, 11) is 0. The largest absolute Gasteiger partial charge is 0.382 e. The highest BCUT2D eigenvalue weighted by molar-refractivity contribution is 5.39. The van der Waals surface area contributed by atoms with Gasteiger partial charge in [0, 0.05) is 12.6 Å². The minimum atomic E-state index is 0.463. The number of hydrogen-bond donors (Lipinski definition) is 2. The Morgan fingerprint density at radius 3 is 3.19 bits per heavy atom. The first-order chi connectivity index (χ1) is 7.78. The van der Waals surface area contributed by atoms with Crippen molar-refractivity contribution in [2.75, 3.05) is 30.7 Å². The van der Waals surface area contributed by atoms with Crippen molar-refractivity contribution >= 4 is 11.6 Å². The fraction of sp³-hybridized carbons (Fsp3) is 0.636. The molecule has 0 bridgehead atoms. The van der Waals surface area contributed by atoms with Gasteiger partial charge in [0.2, 0.25) is 0 Å². The molecule has 1 unspecified atom stereocenters. The maximum absolute atomic E-state index is 5.59. The average molecular weight is 221 g/mol. The van der Waals surface area contributed by atoms with Crippen LogP contribution in [0.5, 0.6) is 0 Å². The molecule has 0 radical (unpaired) electrons. The van der Waals surface area contributed by atoms with E-state index in [2.05, 4.69) is 27.1 Å². The van der Waals surface area contributed by atoms with E-state index >= 15 is 0 Å². The highest BCUT2D eigenvalue weighted by atomic mass is 15.2. The molecule has 1 aromatic rings. The summed E-state index contributed by atoms with van der Waals surface area (Å²) in [4.78, 5) is 10.7. The number of likely N-dealkylation sites (N-methyl/N-ethyl adjacent to an activating group) is 1. The Kier molecular flexibility index (Phi) is 3.56. The van der Waals surface area contributed by atoms with Crippen molar-refractivity contribution in [3.8, 4) is 0 Å². The van der Waals surface area contributed by atoms with Gasteiger partial charge in [-0.15, -0.1) is 0 Å². The smallest absolute Gasteiger partial charge is 0.147 e. The number of nitrogens with two attached hydrogens (primary N) is 1. The van der Waals surface area contributed by atoms with E-state index in [0.29, 0.717) is 11.9 Å². The van der Waals surface area contributed by atoms with Gasteiger partial charge in [-0.25, -0.2) is 4.98 Å². The molecule has 16 heavy (non-hydrogen) atoms. The number of nitrogens with one attached hydrogen (secondary N) is 1. The van der Waals surface area contributed by atoms with E-state index in [1.165, 1.54) is 19.4 Å². The van der Waals surface area contributed by atoms with Crippen molar-refractivity contribution in [1.82, 2.24) is 14.9 Å². The summed E-state index contributed by atoms with van der Waals surface area (Å²) >= 11 is 0. The zero-order valence-corrected chi connectivity index (χ0v) is 9.69. The van der Waals surface area contributed by atoms with Crippen LogP contribution in [-0.4, -0.2) is 40.5 Å². The molecular formula is C11H19N5. The van der Waals surface area contributed by atoms with Crippen LogP contribution in [0, 0.1) is 0 Å². The average Bonchev–Trinajstić information content (AvgIpc) is 2.29. The molecule has 0 spiro atoms. The van der Waals surface area contributed by atoms with Crippen LogP contribution in [0.1, 0.15) is 19.8 Å². The van der Waals surface area contributed by atoms with Gasteiger partial charge >= 0.3 is 0 Å². The summed E-state index contributed by atoms with van der Waals surface area (Å²) in [5.41, 5.74) is 5.59. The summed E-state index contributed by atoms with van der Waals surface area (Å²) in [6.45, 7) is 5.59. The number of aromatic nitrogens is 2. The second kappa shape index (κ2) is 5.12. The number of nitrogen functional groups attached to an aromatic ring is 1. The molecule has 2 rings (SSSR count). The molecule has 1 fully saturated rings. The van der Waals surface area contributed by atoms with Gasteiger partial charge in [-0.2, -0.15) is 0 Å². The number of hydrogen-bond acceptors (Lipinski definition) is 5. The van der Waals surface area contributed by atoms with Gasteiger partial charge in [0.1, 0.15) is 11.6 Å². The van der Waals surface area contributed by atoms with Crippen LogP contribution in [-0.2, 0) is 0 Å². The molecule has 0 saturated carbocycles. The van der Waals surface area contributed by atoms with Crippen LogP contribution in [0.15, 0.2) is 12.4 Å². The van der Waals surface area contributed by atoms with Gasteiger partial charge in [-0.1, -0.05) is 6.92 Å². The maximum Gasteiger partial charge on any atom is 0.147 e. The SMILES string of the molecule is CCN1CCCC(Nc2cncc(N)n2)C1. The zero-order chi connectivity index (χ0) is 11.4. The van der Waals surface area contributed by atoms with E-state index in [1.54, 1.807) is 12.4 Å². The molecule has 1 aliphatic rings. The van der Waals surface area contributed by atoms with E-state index in [0.717, 1.165) is 18.9 Å². The first kappa shape index (κ1) is 11.1. The van der Waals surface area contributed by atoms with Crippen molar-refractivity contribution in [2.24, 2.45) is 0 Å². The molecule has 88 valence electrons. The molecule has 5 heteroatoms. The van der Waals surface area contributed by atoms with E-state index < -0.39 is 0 Å². The van der Waals surface area contributed by atoms with E-state index in [4.69, 9.17) is 5.73 Å². The van der Waals surface area contributed by atoms with Crippen molar-refractivity contribution in [3.05, 3.63) is 12.4 Å². The Hall–Kier alpha value is -1.36. The lowest BCUT2D eigenvalue weighted by Gasteiger charge is -2.32. The third-order valence-electron chi connectivity index (χ3n) is 2.96. The monoisotopic (exact) mass is 221 g/mol. The Morgan fingerprint density at radius 1 is 1.56 bits per heavy atom. The van der Waals surface area contributed by atoms with Crippen molar-refractivity contribution < 1.29 is 0 Å². The Labute approximate surface area is 96.1 Å². The van der Waals surface area contributed by atoms with Gasteiger partial charge in [0.25, 0.3) is 0 Å². The molecule has 1 saturated heterocycles.